The molecule has 3 aromatic rings. The fraction of sp³-hybridized carbons (Fsp3) is 0.500. The second kappa shape index (κ2) is 27.6. The number of aliphatic carboxylic acids is 1. The molecule has 0 bridgehead atoms. The van der Waals surface area contributed by atoms with Gasteiger partial charge in [0.2, 0.25) is 53.2 Å². The molecule has 0 aliphatic rings. The summed E-state index contributed by atoms with van der Waals surface area (Å²) in [6.45, 7) is 10.4. The van der Waals surface area contributed by atoms with E-state index in [-0.39, 0.29) is 25.2 Å². The summed E-state index contributed by atoms with van der Waals surface area (Å²) in [6.07, 6.45) is 1.68. The van der Waals surface area contributed by atoms with Crippen LogP contribution in [0.5, 0.6) is 0 Å². The number of aromatic nitrogens is 1. The monoisotopic (exact) mass is 976 g/mol. The number of hydrogen-bond acceptors (Lipinski definition) is 11. The zero-order valence-electron chi connectivity index (χ0n) is 40.7. The second-order valence-electron chi connectivity index (χ2n) is 18.1. The number of nitrogens with one attached hydrogen (secondary N) is 9. The molecule has 22 nitrogen and oxygen atoms in total. The molecular weight excluding hydrogens is 907 g/mol. The summed E-state index contributed by atoms with van der Waals surface area (Å²) in [5.41, 5.74) is 13.7. The van der Waals surface area contributed by atoms with E-state index in [9.17, 15) is 53.1 Å². The number of nitrogens with two attached hydrogens (primary N) is 2. The average Bonchev–Trinajstić information content (AvgIpc) is 3.71. The molecule has 3 rings (SSSR count). The number of aromatic amines is 1. The van der Waals surface area contributed by atoms with E-state index in [1.165, 1.54) is 6.92 Å². The number of rotatable bonds is 28. The van der Waals surface area contributed by atoms with Crippen LogP contribution in [0.25, 0.3) is 10.9 Å². The summed E-state index contributed by atoms with van der Waals surface area (Å²) in [6, 6.07) is 7.50. The third kappa shape index (κ3) is 18.3. The summed E-state index contributed by atoms with van der Waals surface area (Å²) in [5, 5.41) is 30.2. The van der Waals surface area contributed by atoms with Crippen LogP contribution in [0.1, 0.15) is 78.9 Å². The quantitative estimate of drug-likeness (QED) is 0.0424. The van der Waals surface area contributed by atoms with Crippen molar-refractivity contribution in [3.63, 3.8) is 0 Å². The lowest BCUT2D eigenvalue weighted by atomic mass is 9.96. The Bertz CT molecular complexity index is 2320. The van der Waals surface area contributed by atoms with Gasteiger partial charge in [-0.05, 0) is 54.7 Å². The van der Waals surface area contributed by atoms with Gasteiger partial charge in [0.1, 0.15) is 36.3 Å². The maximum atomic E-state index is 13.9. The molecule has 0 radical (unpaired) electrons. The van der Waals surface area contributed by atoms with Crippen molar-refractivity contribution in [1.82, 2.24) is 47.5 Å². The van der Waals surface area contributed by atoms with Crippen molar-refractivity contribution in [1.29, 1.82) is 0 Å². The standard InChI is InChI=1S/C48H69N11O11/c1-8-27(6)41(59-45(66)36(21-37(50)60)56-42(63)32(49)19-29-14-10-9-11-15-29)47(68)57-34(18-25(2)3)43(64)53-23-38(61)52-24-39(62)55-35(20-30-22-51-33-17-13-12-16-31(30)33)44(65)58-40(26(4)5)46(67)54-28(7)48(69)70/h9-17,22,25-28,32,34-36,40-41,51H,8,18-21,23-24,49H2,1-7H3,(H2,50,60)(H,52,61)(H,53,64)(H,54,67)(H,55,62)(H,56,63)(H,57,68)(H,58,65)(H,59,66)(H,69,70)/t27-,28-,32-,34-,35-,36-,40-,41-/m0/s1. The zero-order valence-corrected chi connectivity index (χ0v) is 40.7. The number of para-hydroxylation sites is 1. The minimum Gasteiger partial charge on any atom is -0.480 e. The van der Waals surface area contributed by atoms with Crippen LogP contribution in [0, 0.1) is 17.8 Å². The average molecular weight is 976 g/mol. The molecule has 1 aromatic heterocycles. The number of carbonyl (C=O) groups is 10. The van der Waals surface area contributed by atoms with Gasteiger partial charge in [0.05, 0.1) is 25.6 Å². The number of carboxylic acids is 1. The van der Waals surface area contributed by atoms with E-state index in [1.54, 1.807) is 84.1 Å². The number of primary amides is 1. The topological polar surface area (TPSA) is 355 Å². The van der Waals surface area contributed by atoms with Gasteiger partial charge in [-0.3, -0.25) is 47.9 Å². The summed E-state index contributed by atoms with van der Waals surface area (Å²) < 4.78 is 0. The molecule has 22 heteroatoms. The highest BCUT2D eigenvalue weighted by atomic mass is 16.4. The molecule has 70 heavy (non-hydrogen) atoms. The molecule has 0 aliphatic carbocycles. The SMILES string of the molecule is CC[C@H](C)[C@H](NC(=O)[C@H](CC(N)=O)NC(=O)[C@@H](N)Cc1ccccc1)C(=O)N[C@@H](CC(C)C)C(=O)NCC(=O)NCC(=O)N[C@@H](Cc1c[nH]c2ccccc12)C(=O)N[C@H](C(=O)N[C@@H](C)C(=O)O)C(C)C. The second-order valence-corrected chi connectivity index (χ2v) is 18.1. The Morgan fingerprint density at radius 1 is 0.614 bits per heavy atom. The normalized spacial score (nSPS) is 14.6. The number of carbonyl (C=O) groups excluding carboxylic acids is 9. The Hall–Kier alpha value is -7.36. The largest absolute Gasteiger partial charge is 0.480 e. The van der Waals surface area contributed by atoms with Crippen molar-refractivity contribution in [2.24, 2.45) is 29.2 Å². The highest BCUT2D eigenvalue weighted by Crippen LogP contribution is 2.20. The lowest BCUT2D eigenvalue weighted by molar-refractivity contribution is -0.142. The highest BCUT2D eigenvalue weighted by molar-refractivity contribution is 5.98. The first-order valence-corrected chi connectivity index (χ1v) is 23.2. The van der Waals surface area contributed by atoms with Gasteiger partial charge in [-0.25, -0.2) is 0 Å². The first-order chi connectivity index (χ1) is 33.0. The predicted octanol–water partition coefficient (Wildman–Crippen LogP) is -0.850. The van der Waals surface area contributed by atoms with Crippen LogP contribution in [-0.4, -0.2) is 125 Å². The summed E-state index contributed by atoms with van der Waals surface area (Å²) in [5.74, 6) is -9.50. The van der Waals surface area contributed by atoms with Gasteiger partial charge >= 0.3 is 5.97 Å². The van der Waals surface area contributed by atoms with Gasteiger partial charge in [-0.15, -0.1) is 0 Å². The first-order valence-electron chi connectivity index (χ1n) is 23.2. The number of amides is 9. The van der Waals surface area contributed by atoms with Gasteiger partial charge in [0.25, 0.3) is 0 Å². The maximum Gasteiger partial charge on any atom is 0.325 e. The maximum absolute atomic E-state index is 13.9. The number of benzene rings is 2. The van der Waals surface area contributed by atoms with Crippen LogP contribution in [-0.2, 0) is 60.8 Å². The number of hydrogen-bond donors (Lipinski definition) is 12. The summed E-state index contributed by atoms with van der Waals surface area (Å²) in [4.78, 5) is 134. The fourth-order valence-corrected chi connectivity index (χ4v) is 7.23. The van der Waals surface area contributed by atoms with E-state index in [1.807, 2.05) is 18.2 Å². The van der Waals surface area contributed by atoms with E-state index < -0.39 is 133 Å². The molecule has 1 heterocycles. The van der Waals surface area contributed by atoms with Crippen molar-refractivity contribution in [3.8, 4) is 0 Å². The lowest BCUT2D eigenvalue weighted by Gasteiger charge is -2.29. The Morgan fingerprint density at radius 3 is 1.81 bits per heavy atom. The van der Waals surface area contributed by atoms with Crippen LogP contribution < -0.4 is 54.0 Å². The Balaban J connectivity index is 1.67. The molecule has 8 atom stereocenters. The molecule has 9 amide bonds. The number of H-pyrrole nitrogens is 1. The van der Waals surface area contributed by atoms with Gasteiger partial charge in [0, 0.05) is 23.5 Å². The van der Waals surface area contributed by atoms with Gasteiger partial charge in [0.15, 0.2) is 0 Å². The van der Waals surface area contributed by atoms with Crippen molar-refractivity contribution >= 4 is 70.0 Å². The molecule has 0 unspecified atom stereocenters. The Labute approximate surface area is 406 Å². The third-order valence-corrected chi connectivity index (χ3v) is 11.4. The number of carboxylic acid groups (broad SMARTS) is 1. The zero-order chi connectivity index (χ0) is 52.2. The molecular formula is C48H69N11O11. The van der Waals surface area contributed by atoms with Crippen molar-refractivity contribution < 1.29 is 53.1 Å². The summed E-state index contributed by atoms with van der Waals surface area (Å²) >= 11 is 0. The van der Waals surface area contributed by atoms with E-state index in [2.05, 4.69) is 47.5 Å². The Kier molecular flexibility index (Phi) is 22.5. The van der Waals surface area contributed by atoms with Crippen LogP contribution in [0.2, 0.25) is 0 Å². The smallest absolute Gasteiger partial charge is 0.325 e. The van der Waals surface area contributed by atoms with Crippen LogP contribution in [0.3, 0.4) is 0 Å². The molecule has 0 fully saturated rings. The summed E-state index contributed by atoms with van der Waals surface area (Å²) in [7, 11) is 0. The van der Waals surface area contributed by atoms with Gasteiger partial charge in [-0.2, -0.15) is 0 Å². The molecule has 14 N–H and O–H groups in total. The van der Waals surface area contributed by atoms with E-state index in [4.69, 9.17) is 11.5 Å². The Morgan fingerprint density at radius 2 is 1.20 bits per heavy atom. The molecule has 2 aromatic carbocycles. The van der Waals surface area contributed by atoms with Crippen molar-refractivity contribution in [3.05, 3.63) is 71.9 Å². The minimum atomic E-state index is -1.48. The lowest BCUT2D eigenvalue weighted by Crippen LogP contribution is -2.60. The minimum absolute atomic E-state index is 0.0392. The van der Waals surface area contributed by atoms with Crippen molar-refractivity contribution in [2.75, 3.05) is 13.1 Å². The van der Waals surface area contributed by atoms with Gasteiger partial charge in [-0.1, -0.05) is 96.5 Å². The third-order valence-electron chi connectivity index (χ3n) is 11.4. The van der Waals surface area contributed by atoms with Crippen LogP contribution in [0.15, 0.2) is 60.8 Å². The molecule has 0 saturated carbocycles. The fourth-order valence-electron chi connectivity index (χ4n) is 7.23. The predicted molar refractivity (Wildman–Crippen MR) is 259 cm³/mol. The molecule has 382 valence electrons. The molecule has 0 saturated heterocycles. The molecule has 0 spiro atoms. The first kappa shape index (κ1) is 57.0. The van der Waals surface area contributed by atoms with Crippen LogP contribution >= 0.6 is 0 Å². The highest BCUT2D eigenvalue weighted by Gasteiger charge is 2.35. The van der Waals surface area contributed by atoms with Crippen LogP contribution in [0.4, 0.5) is 0 Å². The van der Waals surface area contributed by atoms with Crippen molar-refractivity contribution in [2.45, 2.75) is 123 Å². The van der Waals surface area contributed by atoms with E-state index in [0.717, 1.165) is 16.5 Å². The number of fused-ring (bicyclic) bond motifs is 1. The molecule has 0 aliphatic heterocycles. The van der Waals surface area contributed by atoms with E-state index in [0.29, 0.717) is 12.0 Å². The van der Waals surface area contributed by atoms with E-state index >= 15 is 0 Å². The van der Waals surface area contributed by atoms with Gasteiger partial charge < -0.3 is 64.1 Å².